The normalized spacial score (nSPS) is 10.6. The van der Waals surface area contributed by atoms with Crippen molar-refractivity contribution in [2.75, 3.05) is 26.7 Å². The number of halogens is 4. The van der Waals surface area contributed by atoms with E-state index in [1.54, 1.807) is 0 Å². The Bertz CT molecular complexity index is 556. The van der Waals surface area contributed by atoms with Crippen molar-refractivity contribution in [3.8, 4) is 0 Å². The molecule has 0 aliphatic carbocycles. The molecule has 0 bridgehead atoms. The Kier molecular flexibility index (Phi) is 12.6. The van der Waals surface area contributed by atoms with E-state index in [1.165, 1.54) is 10.6 Å². The first-order valence-corrected chi connectivity index (χ1v) is 13.6. The summed E-state index contributed by atoms with van der Waals surface area (Å²) in [5.41, 5.74) is 0. The summed E-state index contributed by atoms with van der Waals surface area (Å²) >= 11 is 0.559. The van der Waals surface area contributed by atoms with Crippen LogP contribution < -0.4 is 10.6 Å². The van der Waals surface area contributed by atoms with Crippen LogP contribution in [0.2, 0.25) is 0 Å². The Hall–Kier alpha value is -0.422. The van der Waals surface area contributed by atoms with Gasteiger partial charge >= 0.3 is 47.2 Å². The van der Waals surface area contributed by atoms with Gasteiger partial charge in [0.15, 0.2) is 0 Å². The second-order valence-corrected chi connectivity index (χ2v) is 11.6. The molecule has 0 nitrogen and oxygen atoms in total. The number of alkyl halides is 3. The molecule has 0 unspecified atom stereocenters. The monoisotopic (exact) mass is 573 g/mol. The van der Waals surface area contributed by atoms with E-state index in [1.807, 2.05) is 0 Å². The molecule has 0 atom stereocenters. The molecule has 0 saturated carbocycles. The van der Waals surface area contributed by atoms with Crippen molar-refractivity contribution < 1.29 is 36.9 Å². The molecular formula is C18H24F4P2Pt+2. The standard InChI is InChI=1S/2C8H11P.C2F4.Pt/c2*1-9(2)8-6-4-3-5-7-8;3-1-2(4,5)6;/h2*3-7H,1-2H3;;/p+2. The third kappa shape index (κ3) is 12.5. The molecule has 142 valence electrons. The summed E-state index contributed by atoms with van der Waals surface area (Å²) in [6, 6.07) is 21.4. The van der Waals surface area contributed by atoms with Gasteiger partial charge in [-0.3, -0.25) is 0 Å². The van der Waals surface area contributed by atoms with Gasteiger partial charge in [-0.15, -0.1) is 0 Å². The van der Waals surface area contributed by atoms with Gasteiger partial charge in [0.05, 0.1) is 37.3 Å². The summed E-state index contributed by atoms with van der Waals surface area (Å²) in [6.45, 7) is 9.22. The van der Waals surface area contributed by atoms with Crippen molar-refractivity contribution in [3.05, 3.63) is 60.7 Å². The van der Waals surface area contributed by atoms with Crippen LogP contribution in [0.1, 0.15) is 0 Å². The van der Waals surface area contributed by atoms with E-state index >= 15 is 0 Å². The first-order chi connectivity index (χ1) is 11.6. The Morgan fingerprint density at radius 3 is 1.08 bits per heavy atom. The van der Waals surface area contributed by atoms with Crippen molar-refractivity contribution in [1.29, 1.82) is 0 Å². The maximum atomic E-state index is 11.0. The van der Waals surface area contributed by atoms with Gasteiger partial charge in [0, 0.05) is 15.8 Å². The summed E-state index contributed by atoms with van der Waals surface area (Å²) in [7, 11) is -0.424. The summed E-state index contributed by atoms with van der Waals surface area (Å²) in [5, 5.41) is 3.03. The van der Waals surface area contributed by atoms with Gasteiger partial charge in [-0.25, -0.2) is 0 Å². The zero-order valence-electron chi connectivity index (χ0n) is 14.6. The van der Waals surface area contributed by atoms with E-state index in [2.05, 4.69) is 87.3 Å². The number of rotatable bonds is 2. The van der Waals surface area contributed by atoms with Crippen LogP contribution in [-0.4, -0.2) is 37.0 Å². The van der Waals surface area contributed by atoms with Crippen LogP contribution in [0.5, 0.6) is 0 Å². The third-order valence-corrected chi connectivity index (χ3v) is 6.52. The van der Waals surface area contributed by atoms with Crippen LogP contribution in [0.15, 0.2) is 60.7 Å². The third-order valence-electron chi connectivity index (χ3n) is 2.90. The summed E-state index contributed by atoms with van der Waals surface area (Å²) < 4.78 is 41.2. The van der Waals surface area contributed by atoms with Gasteiger partial charge in [0.2, 0.25) is 0 Å². The van der Waals surface area contributed by atoms with Crippen LogP contribution in [0, 0.1) is 0 Å². The number of benzene rings is 2. The Labute approximate surface area is 161 Å². The molecule has 0 saturated heterocycles. The zero-order chi connectivity index (χ0) is 19.5. The first-order valence-electron chi connectivity index (χ1n) is 7.49. The van der Waals surface area contributed by atoms with Gasteiger partial charge in [0.1, 0.15) is 0 Å². The molecule has 2 aromatic rings. The van der Waals surface area contributed by atoms with Gasteiger partial charge in [0.25, 0.3) is 0 Å². The predicted octanol–water partition coefficient (Wildman–Crippen LogP) is 4.77. The Morgan fingerprint density at radius 1 is 0.720 bits per heavy atom. The molecule has 0 fully saturated rings. The van der Waals surface area contributed by atoms with E-state index in [0.29, 0.717) is 19.4 Å². The van der Waals surface area contributed by atoms with Gasteiger partial charge in [-0.2, -0.15) is 0 Å². The fourth-order valence-corrected chi connectivity index (χ4v) is 3.26. The molecule has 25 heavy (non-hydrogen) atoms. The second kappa shape index (κ2) is 12.9. The Balaban J connectivity index is 0.000000350. The van der Waals surface area contributed by atoms with Gasteiger partial charge in [-0.1, -0.05) is 36.4 Å². The SMILES string of the molecule is C[PH+](C)c1ccccc1.C[PH+](C)c1ccccc1.F[C](=[Pt])C(F)(F)F. The summed E-state index contributed by atoms with van der Waals surface area (Å²) in [4.78, 5) is 0. The molecule has 0 amide bonds. The second-order valence-electron chi connectivity index (χ2n) is 5.46. The van der Waals surface area contributed by atoms with E-state index in [9.17, 15) is 17.6 Å². The molecule has 7 heteroatoms. The molecule has 0 radical (unpaired) electrons. The zero-order valence-corrected chi connectivity index (χ0v) is 18.9. The van der Waals surface area contributed by atoms with Crippen LogP contribution in [-0.2, 0) is 19.4 Å². The van der Waals surface area contributed by atoms with Crippen molar-refractivity contribution in [2.24, 2.45) is 0 Å². The van der Waals surface area contributed by atoms with Gasteiger partial charge < -0.3 is 0 Å². The first kappa shape index (κ1) is 24.6. The average molecular weight is 573 g/mol. The summed E-state index contributed by atoms with van der Waals surface area (Å²) in [5.74, 6) is 0. The van der Waals surface area contributed by atoms with Crippen LogP contribution in [0.25, 0.3) is 0 Å². The molecular weight excluding hydrogens is 549 g/mol. The van der Waals surface area contributed by atoms with E-state index in [-0.39, 0.29) is 15.8 Å². The topological polar surface area (TPSA) is 0 Å². The molecule has 2 aromatic carbocycles. The van der Waals surface area contributed by atoms with E-state index in [0.717, 1.165) is 0 Å². The number of hydrogen-bond acceptors (Lipinski definition) is 0. The van der Waals surface area contributed by atoms with E-state index < -0.39 is 10.3 Å². The summed E-state index contributed by atoms with van der Waals surface area (Å²) in [6.07, 6.45) is -4.76. The molecule has 0 heterocycles. The van der Waals surface area contributed by atoms with Crippen molar-refractivity contribution >= 4 is 30.6 Å². The fourth-order valence-electron chi connectivity index (χ4n) is 1.54. The Morgan fingerprint density at radius 2 is 0.960 bits per heavy atom. The van der Waals surface area contributed by atoms with Crippen LogP contribution >= 0.6 is 15.8 Å². The van der Waals surface area contributed by atoms with Crippen molar-refractivity contribution in [2.45, 2.75) is 6.18 Å². The minimum atomic E-state index is -4.76. The molecule has 0 aromatic heterocycles. The molecule has 0 spiro atoms. The van der Waals surface area contributed by atoms with Gasteiger partial charge in [-0.05, 0) is 24.3 Å². The predicted molar refractivity (Wildman–Crippen MR) is 105 cm³/mol. The van der Waals surface area contributed by atoms with Crippen LogP contribution in [0.3, 0.4) is 0 Å². The quantitative estimate of drug-likeness (QED) is 0.359. The van der Waals surface area contributed by atoms with Crippen molar-refractivity contribution in [3.63, 3.8) is 0 Å². The average Bonchev–Trinajstić information content (AvgIpc) is 2.56. The maximum absolute atomic E-state index is 11.0. The van der Waals surface area contributed by atoms with Crippen LogP contribution in [0.4, 0.5) is 17.6 Å². The number of hydrogen-bond donors (Lipinski definition) is 0. The fraction of sp³-hybridized carbons (Fsp3) is 0.278. The molecule has 0 aliphatic heterocycles. The molecule has 0 aliphatic rings. The molecule has 0 N–H and O–H groups in total. The molecule has 2 rings (SSSR count). The van der Waals surface area contributed by atoms with E-state index in [4.69, 9.17) is 0 Å². The minimum absolute atomic E-state index is 0.212. The van der Waals surface area contributed by atoms with Crippen molar-refractivity contribution in [1.82, 2.24) is 0 Å².